The highest BCUT2D eigenvalue weighted by Crippen LogP contribution is 2.30. The van der Waals surface area contributed by atoms with Crippen LogP contribution in [0.5, 0.6) is 0 Å². The van der Waals surface area contributed by atoms with Crippen LogP contribution in [0.4, 0.5) is 4.39 Å². The van der Waals surface area contributed by atoms with Crippen LogP contribution in [0.15, 0.2) is 73.1 Å². The van der Waals surface area contributed by atoms with Crippen molar-refractivity contribution in [3.63, 3.8) is 0 Å². The van der Waals surface area contributed by atoms with Crippen LogP contribution in [0.25, 0.3) is 0 Å². The molecule has 1 N–H and O–H groups in total. The Hall–Kier alpha value is -1.83. The smallest absolute Gasteiger partial charge is 0.182 e. The number of rotatable bonds is 9. The van der Waals surface area contributed by atoms with Crippen molar-refractivity contribution < 1.29 is 31.2 Å². The van der Waals surface area contributed by atoms with Crippen LogP contribution in [-0.2, 0) is 11.3 Å². The second-order valence-corrected chi connectivity index (χ2v) is 9.90. The van der Waals surface area contributed by atoms with Gasteiger partial charge in [0.1, 0.15) is 24.7 Å². The molecule has 0 saturated heterocycles. The van der Waals surface area contributed by atoms with E-state index in [-0.39, 0.29) is 43.3 Å². The summed E-state index contributed by atoms with van der Waals surface area (Å²) in [6.45, 7) is 1.59. The van der Waals surface area contributed by atoms with Crippen LogP contribution >= 0.6 is 46.4 Å². The molecule has 0 aromatic heterocycles. The molecule has 1 aliphatic rings. The van der Waals surface area contributed by atoms with Crippen LogP contribution in [0, 0.1) is 5.82 Å². The fraction of sp³-hybridized carbons (Fsp3) is 0.192. The zero-order chi connectivity index (χ0) is 24.9. The number of benzene rings is 3. The first-order valence-electron chi connectivity index (χ1n) is 10.8. The number of Topliss-reactive ketones (excluding diaryl/α,β-unsaturated/α-hetero) is 1. The molecular weight excluding hydrogens is 569 g/mol. The maximum Gasteiger partial charge on any atom is 0.182 e. The van der Waals surface area contributed by atoms with Gasteiger partial charge in [-0.05, 0) is 54.1 Å². The number of nitrogens with zero attached hydrogens (tertiary/aromatic N) is 1. The Kier molecular flexibility index (Phi) is 10.5. The third kappa shape index (κ3) is 7.59. The molecule has 0 radical (unpaired) electrons. The van der Waals surface area contributed by atoms with Crippen LogP contribution in [-0.4, -0.2) is 30.4 Å². The van der Waals surface area contributed by atoms with Gasteiger partial charge in [0.05, 0.1) is 19.4 Å². The van der Waals surface area contributed by atoms with Gasteiger partial charge in [-0.25, -0.2) is 4.39 Å². The van der Waals surface area contributed by atoms with Gasteiger partial charge in [0.15, 0.2) is 12.5 Å². The lowest BCUT2D eigenvalue weighted by molar-refractivity contribution is -0.853. The van der Waals surface area contributed by atoms with Gasteiger partial charge in [0, 0.05) is 31.2 Å². The van der Waals surface area contributed by atoms with Crippen LogP contribution in [0.2, 0.25) is 20.1 Å². The molecule has 36 heavy (non-hydrogen) atoms. The van der Waals surface area contributed by atoms with Crippen molar-refractivity contribution in [2.75, 3.05) is 19.8 Å². The lowest BCUT2D eigenvalue weighted by Gasteiger charge is -2.23. The Bertz CT molecular complexity index is 1240. The van der Waals surface area contributed by atoms with E-state index in [0.29, 0.717) is 38.9 Å². The summed E-state index contributed by atoms with van der Waals surface area (Å²) in [6.07, 6.45) is 3.50. The van der Waals surface area contributed by atoms with Crippen LogP contribution in [0.3, 0.4) is 0 Å². The van der Waals surface area contributed by atoms with Crippen molar-refractivity contribution in [3.05, 3.63) is 116 Å². The molecule has 3 aromatic carbocycles. The summed E-state index contributed by atoms with van der Waals surface area (Å²) in [7, 11) is 0. The van der Waals surface area contributed by atoms with Crippen molar-refractivity contribution in [2.24, 2.45) is 0 Å². The molecule has 4 nitrogen and oxygen atoms in total. The summed E-state index contributed by atoms with van der Waals surface area (Å²) in [6, 6.07) is 16.2. The minimum Gasteiger partial charge on any atom is -1.00 e. The number of nitrogens with one attached hydrogen (secondary N) is 1. The van der Waals surface area contributed by atoms with Crippen molar-refractivity contribution in [1.82, 2.24) is 4.90 Å². The molecule has 4 rings (SSSR count). The largest absolute Gasteiger partial charge is 1.00 e. The Labute approximate surface area is 235 Å². The third-order valence-corrected chi connectivity index (χ3v) is 6.80. The van der Waals surface area contributed by atoms with E-state index in [2.05, 4.69) is 0 Å². The molecule has 1 heterocycles. The summed E-state index contributed by atoms with van der Waals surface area (Å²) in [5, 5.41) is 2.13. The molecule has 0 amide bonds. The van der Waals surface area contributed by atoms with Gasteiger partial charge in [-0.1, -0.05) is 58.5 Å². The Morgan fingerprint density at radius 1 is 0.972 bits per heavy atom. The molecule has 0 aliphatic carbocycles. The number of ether oxygens (including phenoxy) is 1. The molecule has 2 atom stereocenters. The van der Waals surface area contributed by atoms with Crippen molar-refractivity contribution >= 4 is 52.2 Å². The number of halogens is 6. The summed E-state index contributed by atoms with van der Waals surface area (Å²) in [4.78, 5) is 15.6. The third-order valence-electron chi connectivity index (χ3n) is 5.65. The Balaban J connectivity index is 0.00000361. The van der Waals surface area contributed by atoms with E-state index in [1.165, 1.54) is 24.3 Å². The lowest BCUT2D eigenvalue weighted by Crippen LogP contribution is -3.07. The average Bonchev–Trinajstić information content (AvgIpc) is 3.25. The molecule has 3 aromatic rings. The van der Waals surface area contributed by atoms with E-state index in [1.54, 1.807) is 24.3 Å². The zero-order valence-electron chi connectivity index (χ0n) is 18.9. The van der Waals surface area contributed by atoms with Crippen molar-refractivity contribution in [3.8, 4) is 0 Å². The monoisotopic (exact) mass is 588 g/mol. The molecule has 2 unspecified atom stereocenters. The molecule has 0 spiro atoms. The topological polar surface area (TPSA) is 34.0 Å². The fourth-order valence-corrected chi connectivity index (χ4v) is 4.81. The van der Waals surface area contributed by atoms with Gasteiger partial charge in [0.25, 0.3) is 0 Å². The summed E-state index contributed by atoms with van der Waals surface area (Å²) >= 11 is 24.9. The predicted molar refractivity (Wildman–Crippen MR) is 138 cm³/mol. The van der Waals surface area contributed by atoms with E-state index in [1.807, 2.05) is 29.4 Å². The Morgan fingerprint density at radius 3 is 2.31 bits per heavy atom. The van der Waals surface area contributed by atoms with Crippen molar-refractivity contribution in [1.29, 1.82) is 0 Å². The molecule has 0 fully saturated rings. The lowest BCUT2D eigenvalue weighted by atomic mass is 10.1. The number of hydrogen-bond donors (Lipinski definition) is 1. The molecule has 0 bridgehead atoms. The molecule has 0 saturated carbocycles. The average molecular weight is 591 g/mol. The van der Waals surface area contributed by atoms with Gasteiger partial charge in [0.2, 0.25) is 0 Å². The number of hydrogen-bond acceptors (Lipinski definition) is 3. The molecule has 1 aliphatic heterocycles. The second-order valence-electron chi connectivity index (χ2n) is 8.21. The standard InChI is InChI=1S/C26H21Cl4FN2O2.ClH/c27-19-4-1-18(23(29)11-19)15-35-26(22-8-5-20(28)12-24(22)30)14-33-10-9-32(16-33)13-25(34)17-2-6-21(31)7-3-17;/h1-12,26H,13-16H2;1H. The summed E-state index contributed by atoms with van der Waals surface area (Å²) in [5.41, 5.74) is 2.09. The number of carbonyl (C=O) groups excluding carboxylic acids is 1. The van der Waals surface area contributed by atoms with Gasteiger partial charge in [-0.2, -0.15) is 0 Å². The summed E-state index contributed by atoms with van der Waals surface area (Å²) < 4.78 is 19.4. The minimum absolute atomic E-state index is 0. The molecular formula is C26H22Cl5FN2O2. The number of ketones is 1. The van der Waals surface area contributed by atoms with Gasteiger partial charge in [-0.3, -0.25) is 9.69 Å². The number of quaternary nitrogens is 1. The second kappa shape index (κ2) is 13.1. The first-order valence-corrected chi connectivity index (χ1v) is 12.4. The predicted octanol–water partition coefficient (Wildman–Crippen LogP) is 3.21. The fourth-order valence-electron chi connectivity index (χ4n) is 3.82. The number of carbonyl (C=O) groups is 1. The van der Waals surface area contributed by atoms with Crippen molar-refractivity contribution in [2.45, 2.75) is 12.7 Å². The van der Waals surface area contributed by atoms with E-state index >= 15 is 0 Å². The van der Waals surface area contributed by atoms with E-state index < -0.39 is 0 Å². The van der Waals surface area contributed by atoms with Crippen LogP contribution < -0.4 is 17.3 Å². The first kappa shape index (κ1) is 28.7. The van der Waals surface area contributed by atoms with Gasteiger partial charge >= 0.3 is 0 Å². The zero-order valence-corrected chi connectivity index (χ0v) is 22.6. The maximum atomic E-state index is 13.2. The SMILES string of the molecule is O=C(CN1C=C[NH+](CC(OCc2ccc(Cl)cc2Cl)c2ccc(Cl)cc2Cl)C1)c1ccc(F)cc1.[Cl-]. The Morgan fingerprint density at radius 2 is 1.64 bits per heavy atom. The van der Waals surface area contributed by atoms with E-state index in [9.17, 15) is 9.18 Å². The minimum atomic E-state index is -0.370. The maximum absolute atomic E-state index is 13.2. The normalized spacial score (nSPS) is 15.6. The highest BCUT2D eigenvalue weighted by Gasteiger charge is 2.26. The quantitative estimate of drug-likeness (QED) is 0.389. The van der Waals surface area contributed by atoms with Gasteiger partial charge in [-0.15, -0.1) is 0 Å². The molecule has 10 heteroatoms. The highest BCUT2D eigenvalue weighted by molar-refractivity contribution is 6.35. The van der Waals surface area contributed by atoms with E-state index in [0.717, 1.165) is 16.0 Å². The molecule has 190 valence electrons. The summed E-state index contributed by atoms with van der Waals surface area (Å²) in [5.74, 6) is -0.452. The van der Waals surface area contributed by atoms with Gasteiger partial charge < -0.3 is 22.0 Å². The van der Waals surface area contributed by atoms with E-state index in [4.69, 9.17) is 51.1 Å². The first-order chi connectivity index (χ1) is 16.8. The highest BCUT2D eigenvalue weighted by atomic mass is 35.5. The van der Waals surface area contributed by atoms with Crippen LogP contribution in [0.1, 0.15) is 27.6 Å².